The normalized spacial score (nSPS) is 10.8. The number of hydrogen-bond donors (Lipinski definition) is 1. The van der Waals surface area contributed by atoms with Crippen LogP contribution in [0.4, 0.5) is 0 Å². The molecule has 112 valence electrons. The molecule has 6 nitrogen and oxygen atoms in total. The molecule has 0 fully saturated rings. The molecule has 0 aliphatic carbocycles. The van der Waals surface area contributed by atoms with Crippen molar-refractivity contribution in [2.45, 2.75) is 20.8 Å². The van der Waals surface area contributed by atoms with E-state index in [2.05, 4.69) is 22.0 Å². The number of amides is 1. The first-order valence-corrected chi connectivity index (χ1v) is 6.81. The van der Waals surface area contributed by atoms with Crippen molar-refractivity contribution < 1.29 is 9.53 Å². The zero-order valence-corrected chi connectivity index (χ0v) is 12.6. The Labute approximate surface area is 123 Å². The van der Waals surface area contributed by atoms with Gasteiger partial charge in [0.25, 0.3) is 5.91 Å². The van der Waals surface area contributed by atoms with Gasteiger partial charge in [-0.15, -0.1) is 0 Å². The lowest BCUT2D eigenvalue weighted by atomic mass is 10.3. The van der Waals surface area contributed by atoms with Crippen molar-refractivity contribution in [3.8, 4) is 0 Å². The summed E-state index contributed by atoms with van der Waals surface area (Å²) in [4.78, 5) is 16.5. The van der Waals surface area contributed by atoms with Gasteiger partial charge in [0.1, 0.15) is 5.56 Å². The van der Waals surface area contributed by atoms with E-state index in [9.17, 15) is 4.79 Å². The van der Waals surface area contributed by atoms with E-state index in [0.29, 0.717) is 31.0 Å². The number of aryl methyl sites for hydroxylation is 2. The van der Waals surface area contributed by atoms with Gasteiger partial charge in [-0.1, -0.05) is 12.2 Å². The maximum Gasteiger partial charge on any atom is 0.256 e. The largest absolute Gasteiger partial charge is 0.375 e. The van der Waals surface area contributed by atoms with Crippen LogP contribution in [0.3, 0.4) is 0 Å². The van der Waals surface area contributed by atoms with E-state index >= 15 is 0 Å². The number of fused-ring (bicyclic) bond motifs is 1. The summed E-state index contributed by atoms with van der Waals surface area (Å²) >= 11 is 0. The summed E-state index contributed by atoms with van der Waals surface area (Å²) in [7, 11) is 0. The molecular weight excluding hydrogens is 268 g/mol. The molecule has 0 saturated heterocycles. The number of nitrogens with zero attached hydrogens (tertiary/aromatic N) is 3. The van der Waals surface area contributed by atoms with E-state index < -0.39 is 0 Å². The Kier molecular flexibility index (Phi) is 4.70. The summed E-state index contributed by atoms with van der Waals surface area (Å²) in [5.41, 5.74) is 3.81. The van der Waals surface area contributed by atoms with Gasteiger partial charge in [0.2, 0.25) is 0 Å². The Balaban J connectivity index is 2.01. The van der Waals surface area contributed by atoms with Crippen LogP contribution in [0, 0.1) is 13.8 Å². The molecule has 21 heavy (non-hydrogen) atoms. The van der Waals surface area contributed by atoms with Gasteiger partial charge < -0.3 is 10.1 Å². The molecular formula is C15H20N4O2. The van der Waals surface area contributed by atoms with Crippen molar-refractivity contribution in [1.82, 2.24) is 19.9 Å². The SMILES string of the molecule is C=C(C)COCCNC(=O)c1cnn2c(C)cc(C)nc12. The number of carbonyl (C=O) groups excluding carboxylic acids is 1. The Hall–Kier alpha value is -2.21. The number of nitrogens with one attached hydrogen (secondary N) is 1. The van der Waals surface area contributed by atoms with Gasteiger partial charge in [-0.2, -0.15) is 5.10 Å². The fraction of sp³-hybridized carbons (Fsp3) is 0.400. The van der Waals surface area contributed by atoms with E-state index in [-0.39, 0.29) is 5.91 Å². The number of carbonyl (C=O) groups is 1. The lowest BCUT2D eigenvalue weighted by Crippen LogP contribution is -2.27. The summed E-state index contributed by atoms with van der Waals surface area (Å²) in [5, 5.41) is 7.00. The topological polar surface area (TPSA) is 68.5 Å². The van der Waals surface area contributed by atoms with E-state index in [0.717, 1.165) is 17.0 Å². The third-order valence-electron chi connectivity index (χ3n) is 2.90. The lowest BCUT2D eigenvalue weighted by molar-refractivity contribution is 0.0928. The van der Waals surface area contributed by atoms with Crippen LogP contribution in [0.15, 0.2) is 24.4 Å². The van der Waals surface area contributed by atoms with Crippen molar-refractivity contribution in [3.63, 3.8) is 0 Å². The molecule has 0 saturated carbocycles. The molecule has 0 aromatic carbocycles. The molecule has 0 spiro atoms. The quantitative estimate of drug-likeness (QED) is 0.648. The number of ether oxygens (including phenoxy) is 1. The Bertz CT molecular complexity index is 676. The highest BCUT2D eigenvalue weighted by molar-refractivity contribution is 5.99. The first-order valence-electron chi connectivity index (χ1n) is 6.81. The average Bonchev–Trinajstić information content (AvgIpc) is 2.81. The summed E-state index contributed by atoms with van der Waals surface area (Å²) in [6.07, 6.45) is 1.54. The second kappa shape index (κ2) is 6.49. The van der Waals surface area contributed by atoms with Crippen LogP contribution < -0.4 is 5.32 Å². The van der Waals surface area contributed by atoms with Crippen LogP contribution in [0.2, 0.25) is 0 Å². The van der Waals surface area contributed by atoms with Gasteiger partial charge in [0.15, 0.2) is 5.65 Å². The van der Waals surface area contributed by atoms with Gasteiger partial charge in [-0.3, -0.25) is 4.79 Å². The Morgan fingerprint density at radius 1 is 1.48 bits per heavy atom. The summed E-state index contributed by atoms with van der Waals surface area (Å²) in [6.45, 7) is 10.9. The van der Waals surface area contributed by atoms with E-state index in [1.54, 1.807) is 10.7 Å². The average molecular weight is 288 g/mol. The van der Waals surface area contributed by atoms with Crippen LogP contribution >= 0.6 is 0 Å². The van der Waals surface area contributed by atoms with Crippen molar-refractivity contribution in [1.29, 1.82) is 0 Å². The van der Waals surface area contributed by atoms with Crippen LogP contribution in [0.1, 0.15) is 28.7 Å². The van der Waals surface area contributed by atoms with Crippen molar-refractivity contribution in [2.75, 3.05) is 19.8 Å². The third kappa shape index (κ3) is 3.66. The highest BCUT2D eigenvalue weighted by Gasteiger charge is 2.14. The third-order valence-corrected chi connectivity index (χ3v) is 2.90. The molecule has 0 aliphatic heterocycles. The Morgan fingerprint density at radius 3 is 2.95 bits per heavy atom. The van der Waals surface area contributed by atoms with Crippen LogP contribution in [-0.2, 0) is 4.74 Å². The van der Waals surface area contributed by atoms with Crippen molar-refractivity contribution >= 4 is 11.6 Å². The minimum atomic E-state index is -0.193. The smallest absolute Gasteiger partial charge is 0.256 e. The molecule has 0 unspecified atom stereocenters. The minimum absolute atomic E-state index is 0.193. The molecule has 0 bridgehead atoms. The molecule has 0 atom stereocenters. The lowest BCUT2D eigenvalue weighted by Gasteiger charge is -2.06. The van der Waals surface area contributed by atoms with Gasteiger partial charge >= 0.3 is 0 Å². The molecule has 2 rings (SSSR count). The summed E-state index contributed by atoms with van der Waals surface area (Å²) < 4.78 is 7.00. The zero-order valence-electron chi connectivity index (χ0n) is 12.6. The molecule has 2 aromatic heterocycles. The first-order chi connectivity index (χ1) is 9.99. The van der Waals surface area contributed by atoms with Gasteiger partial charge in [-0.05, 0) is 26.8 Å². The number of rotatable bonds is 6. The fourth-order valence-corrected chi connectivity index (χ4v) is 2.01. The number of hydrogen-bond acceptors (Lipinski definition) is 4. The summed E-state index contributed by atoms with van der Waals surface area (Å²) in [6, 6.07) is 1.92. The Morgan fingerprint density at radius 2 is 2.24 bits per heavy atom. The monoisotopic (exact) mass is 288 g/mol. The zero-order chi connectivity index (χ0) is 15.4. The molecule has 1 N–H and O–H groups in total. The molecule has 0 aliphatic rings. The standard InChI is InChI=1S/C15H20N4O2/c1-10(2)9-21-6-5-16-15(20)13-8-17-19-12(4)7-11(3)18-14(13)19/h7-8H,1,5-6,9H2,2-4H3,(H,16,20). The maximum atomic E-state index is 12.2. The van der Waals surface area contributed by atoms with Gasteiger partial charge in [-0.25, -0.2) is 9.50 Å². The van der Waals surface area contributed by atoms with E-state index in [4.69, 9.17) is 4.74 Å². The molecule has 2 heterocycles. The molecule has 1 amide bonds. The van der Waals surface area contributed by atoms with Crippen molar-refractivity contribution in [3.05, 3.63) is 41.4 Å². The predicted octanol–water partition coefficient (Wildman–Crippen LogP) is 1.67. The molecule has 0 radical (unpaired) electrons. The predicted molar refractivity (Wildman–Crippen MR) is 80.4 cm³/mol. The number of aromatic nitrogens is 3. The molecule has 6 heteroatoms. The van der Waals surface area contributed by atoms with E-state index in [1.165, 1.54) is 0 Å². The second-order valence-corrected chi connectivity index (χ2v) is 5.10. The van der Waals surface area contributed by atoms with E-state index in [1.807, 2.05) is 26.8 Å². The fourth-order valence-electron chi connectivity index (χ4n) is 2.01. The van der Waals surface area contributed by atoms with Gasteiger partial charge in [0, 0.05) is 17.9 Å². The highest BCUT2D eigenvalue weighted by atomic mass is 16.5. The van der Waals surface area contributed by atoms with Crippen LogP contribution in [0.5, 0.6) is 0 Å². The highest BCUT2D eigenvalue weighted by Crippen LogP contribution is 2.11. The maximum absolute atomic E-state index is 12.2. The van der Waals surface area contributed by atoms with Crippen molar-refractivity contribution in [2.24, 2.45) is 0 Å². The van der Waals surface area contributed by atoms with Crippen LogP contribution in [-0.4, -0.2) is 40.3 Å². The molecule has 2 aromatic rings. The second-order valence-electron chi connectivity index (χ2n) is 5.10. The summed E-state index contributed by atoms with van der Waals surface area (Å²) in [5.74, 6) is -0.193. The first kappa shape index (κ1) is 15.2. The van der Waals surface area contributed by atoms with Gasteiger partial charge in [0.05, 0.1) is 19.4 Å². The van der Waals surface area contributed by atoms with Crippen LogP contribution in [0.25, 0.3) is 5.65 Å². The minimum Gasteiger partial charge on any atom is -0.375 e.